The lowest BCUT2D eigenvalue weighted by Crippen LogP contribution is -1.99. The molecule has 0 spiro atoms. The van der Waals surface area contributed by atoms with E-state index < -0.39 is 0 Å². The smallest absolute Gasteiger partial charge is 0.206 e. The number of carbonyl (C=O) groups excluding carboxylic acids is 1. The molecule has 2 aromatic heterocycles. The summed E-state index contributed by atoms with van der Waals surface area (Å²) < 4.78 is 0.980. The molecule has 3 nitrogen and oxygen atoms in total. The van der Waals surface area contributed by atoms with Gasteiger partial charge in [-0.1, -0.05) is 52.3 Å². The van der Waals surface area contributed by atoms with Crippen molar-refractivity contribution in [3.05, 3.63) is 82.6 Å². The summed E-state index contributed by atoms with van der Waals surface area (Å²) in [5.74, 6) is -0.118. The predicted molar refractivity (Wildman–Crippen MR) is 101 cm³/mol. The second-order valence-electron chi connectivity index (χ2n) is 5.51. The number of hydrogen-bond donors (Lipinski definition) is 1. The van der Waals surface area contributed by atoms with Gasteiger partial charge in [-0.15, -0.1) is 0 Å². The van der Waals surface area contributed by atoms with E-state index in [1.165, 1.54) is 0 Å². The Balaban J connectivity index is 1.77. The number of pyridine rings is 1. The van der Waals surface area contributed by atoms with Crippen molar-refractivity contribution in [3.63, 3.8) is 0 Å². The summed E-state index contributed by atoms with van der Waals surface area (Å²) in [7, 11) is 0. The summed E-state index contributed by atoms with van der Waals surface area (Å²) in [5.41, 5.74) is 3.18. The molecule has 4 rings (SSSR count). The highest BCUT2D eigenvalue weighted by Gasteiger charge is 2.13. The largest absolute Gasteiger partial charge is 0.353 e. The quantitative estimate of drug-likeness (QED) is 0.385. The number of nitrogens with one attached hydrogen (secondary N) is 1. The van der Waals surface area contributed by atoms with Crippen LogP contribution in [0, 0.1) is 0 Å². The molecule has 116 valence electrons. The number of fused-ring (bicyclic) bond motifs is 3. The molecular formula is C20H13BrN2O. The van der Waals surface area contributed by atoms with Gasteiger partial charge in [0, 0.05) is 27.0 Å². The van der Waals surface area contributed by atoms with Crippen molar-refractivity contribution >= 4 is 49.6 Å². The van der Waals surface area contributed by atoms with Crippen molar-refractivity contribution in [1.82, 2.24) is 9.97 Å². The summed E-state index contributed by atoms with van der Waals surface area (Å²) in [4.78, 5) is 20.2. The number of hydrogen-bond acceptors (Lipinski definition) is 2. The van der Waals surface area contributed by atoms with Crippen LogP contribution in [-0.2, 0) is 0 Å². The molecule has 0 saturated carbocycles. The van der Waals surface area contributed by atoms with Gasteiger partial charge in [0.2, 0.25) is 5.78 Å². The van der Waals surface area contributed by atoms with Crippen LogP contribution in [0.1, 0.15) is 16.1 Å². The number of benzene rings is 2. The number of allylic oxidation sites excluding steroid dienone is 1. The molecular weight excluding hydrogens is 364 g/mol. The predicted octanol–water partition coefficient (Wildman–Crippen LogP) is 5.37. The Morgan fingerprint density at radius 3 is 2.79 bits per heavy atom. The molecule has 0 unspecified atom stereocenters. The Hall–Kier alpha value is -2.72. The highest BCUT2D eigenvalue weighted by atomic mass is 79.9. The van der Waals surface area contributed by atoms with Gasteiger partial charge in [0.25, 0.3) is 0 Å². The van der Waals surface area contributed by atoms with Gasteiger partial charge in [-0.05, 0) is 35.9 Å². The summed E-state index contributed by atoms with van der Waals surface area (Å²) >= 11 is 3.43. The third-order valence-corrected chi connectivity index (χ3v) is 4.43. The molecule has 0 radical (unpaired) electrons. The Kier molecular flexibility index (Phi) is 3.75. The van der Waals surface area contributed by atoms with Gasteiger partial charge < -0.3 is 4.98 Å². The third kappa shape index (κ3) is 2.65. The van der Waals surface area contributed by atoms with Crippen molar-refractivity contribution in [2.24, 2.45) is 0 Å². The topological polar surface area (TPSA) is 45.8 Å². The number of H-pyrrole nitrogens is 1. The Morgan fingerprint density at radius 2 is 1.92 bits per heavy atom. The SMILES string of the molecule is O=C(/C=C/c1cccc(Br)c1)c1nccc2c1[nH]c1ccccc12. The van der Waals surface area contributed by atoms with Crippen LogP contribution in [0.2, 0.25) is 0 Å². The van der Waals surface area contributed by atoms with Crippen LogP contribution in [0.5, 0.6) is 0 Å². The number of aromatic nitrogens is 2. The number of carbonyl (C=O) groups is 1. The van der Waals surface area contributed by atoms with Gasteiger partial charge in [-0.2, -0.15) is 0 Å². The molecule has 4 aromatic rings. The van der Waals surface area contributed by atoms with E-state index in [1.807, 2.05) is 54.6 Å². The van der Waals surface area contributed by atoms with Crippen molar-refractivity contribution in [2.75, 3.05) is 0 Å². The fraction of sp³-hybridized carbons (Fsp3) is 0. The standard InChI is InChI=1S/C20H13BrN2O/c21-14-5-3-4-13(12-14)8-9-18(24)20-19-16(10-11-22-20)15-6-1-2-7-17(15)23-19/h1-12,23H/b9-8+. The maximum absolute atomic E-state index is 12.6. The van der Waals surface area contributed by atoms with E-state index in [-0.39, 0.29) is 5.78 Å². The molecule has 0 aliphatic carbocycles. The third-order valence-electron chi connectivity index (χ3n) is 3.94. The first-order chi connectivity index (χ1) is 11.7. The van der Waals surface area contributed by atoms with E-state index in [0.717, 1.165) is 31.8 Å². The zero-order valence-electron chi connectivity index (χ0n) is 12.7. The Labute approximate surface area is 147 Å². The van der Waals surface area contributed by atoms with Crippen LogP contribution >= 0.6 is 15.9 Å². The van der Waals surface area contributed by atoms with Crippen LogP contribution in [-0.4, -0.2) is 15.8 Å². The first kappa shape index (κ1) is 14.8. The second-order valence-corrected chi connectivity index (χ2v) is 6.42. The number of ketones is 1. The summed E-state index contributed by atoms with van der Waals surface area (Å²) in [6, 6.07) is 17.7. The molecule has 0 aliphatic heterocycles. The summed E-state index contributed by atoms with van der Waals surface area (Å²) in [6.07, 6.45) is 5.05. The van der Waals surface area contributed by atoms with E-state index >= 15 is 0 Å². The Bertz CT molecular complexity index is 1100. The lowest BCUT2D eigenvalue weighted by molar-refractivity contribution is 0.104. The van der Waals surface area contributed by atoms with E-state index in [4.69, 9.17) is 0 Å². The maximum Gasteiger partial charge on any atom is 0.206 e. The first-order valence-electron chi connectivity index (χ1n) is 7.56. The van der Waals surface area contributed by atoms with Crippen molar-refractivity contribution in [3.8, 4) is 0 Å². The summed E-state index contributed by atoms with van der Waals surface area (Å²) in [6.45, 7) is 0. The molecule has 24 heavy (non-hydrogen) atoms. The molecule has 1 N–H and O–H groups in total. The van der Waals surface area contributed by atoms with Crippen molar-refractivity contribution in [2.45, 2.75) is 0 Å². The van der Waals surface area contributed by atoms with Crippen LogP contribution in [0.15, 0.2) is 71.3 Å². The molecule has 2 aromatic carbocycles. The molecule has 0 fully saturated rings. The van der Waals surface area contributed by atoms with E-state index in [1.54, 1.807) is 18.3 Å². The number of halogens is 1. The minimum absolute atomic E-state index is 0.118. The van der Waals surface area contributed by atoms with E-state index in [9.17, 15) is 4.79 Å². The second kappa shape index (κ2) is 6.06. The molecule has 0 atom stereocenters. The normalized spacial score (nSPS) is 11.5. The number of nitrogens with zero attached hydrogens (tertiary/aromatic N) is 1. The monoisotopic (exact) mass is 376 g/mol. The number of para-hydroxylation sites is 1. The fourth-order valence-corrected chi connectivity index (χ4v) is 3.24. The van der Waals surface area contributed by atoms with Crippen molar-refractivity contribution < 1.29 is 4.79 Å². The summed E-state index contributed by atoms with van der Waals surface area (Å²) in [5, 5.41) is 2.11. The molecule has 0 saturated heterocycles. The highest BCUT2D eigenvalue weighted by Crippen LogP contribution is 2.26. The minimum atomic E-state index is -0.118. The van der Waals surface area contributed by atoms with Crippen LogP contribution in [0.4, 0.5) is 0 Å². The van der Waals surface area contributed by atoms with Gasteiger partial charge in [0.15, 0.2) is 0 Å². The molecule has 0 amide bonds. The van der Waals surface area contributed by atoms with E-state index in [0.29, 0.717) is 5.69 Å². The Morgan fingerprint density at radius 1 is 1.04 bits per heavy atom. The lowest BCUT2D eigenvalue weighted by Gasteiger charge is -1.98. The van der Waals surface area contributed by atoms with Gasteiger partial charge in [0.1, 0.15) is 5.69 Å². The average Bonchev–Trinajstić information content (AvgIpc) is 2.98. The van der Waals surface area contributed by atoms with Gasteiger partial charge in [0.05, 0.1) is 5.52 Å². The lowest BCUT2D eigenvalue weighted by atomic mass is 10.1. The van der Waals surface area contributed by atoms with Gasteiger partial charge in [-0.3, -0.25) is 9.78 Å². The van der Waals surface area contributed by atoms with Crippen molar-refractivity contribution in [1.29, 1.82) is 0 Å². The minimum Gasteiger partial charge on any atom is -0.353 e. The van der Waals surface area contributed by atoms with Crippen LogP contribution in [0.3, 0.4) is 0 Å². The number of rotatable bonds is 3. The molecule has 0 aliphatic rings. The van der Waals surface area contributed by atoms with Gasteiger partial charge in [-0.25, -0.2) is 0 Å². The molecule has 0 bridgehead atoms. The zero-order valence-corrected chi connectivity index (χ0v) is 14.2. The average molecular weight is 377 g/mol. The maximum atomic E-state index is 12.6. The number of aromatic amines is 1. The van der Waals surface area contributed by atoms with Crippen LogP contribution < -0.4 is 0 Å². The van der Waals surface area contributed by atoms with E-state index in [2.05, 4.69) is 25.9 Å². The fourth-order valence-electron chi connectivity index (χ4n) is 2.82. The highest BCUT2D eigenvalue weighted by molar-refractivity contribution is 9.10. The zero-order chi connectivity index (χ0) is 16.5. The van der Waals surface area contributed by atoms with Crippen LogP contribution in [0.25, 0.3) is 27.9 Å². The molecule has 4 heteroatoms. The first-order valence-corrected chi connectivity index (χ1v) is 8.35. The van der Waals surface area contributed by atoms with Gasteiger partial charge >= 0.3 is 0 Å². The molecule has 2 heterocycles.